The lowest BCUT2D eigenvalue weighted by atomic mass is 10.0. The molecular formula is C22H24N6O3S. The van der Waals surface area contributed by atoms with Crippen molar-refractivity contribution >= 4 is 11.8 Å². The standard InChI is InChI=1S/C22H24N6O3S/c1-14(2)15-7-9-17(10-8-15)30-12-19-25-26-22(28(19)23)32-13-20-24-21(27-31-20)16-5-4-6-18(11-16)29-3/h4-11,14H,12-13,23H2,1-3H3. The molecule has 0 radical (unpaired) electrons. The van der Waals surface area contributed by atoms with Crippen molar-refractivity contribution in [2.75, 3.05) is 13.0 Å². The number of nitrogens with zero attached hydrogens (tertiary/aromatic N) is 5. The number of methoxy groups -OCH3 is 1. The van der Waals surface area contributed by atoms with Crippen LogP contribution in [0.25, 0.3) is 11.4 Å². The highest BCUT2D eigenvalue weighted by molar-refractivity contribution is 7.98. The molecule has 0 atom stereocenters. The second-order valence-electron chi connectivity index (χ2n) is 7.31. The number of nitrogen functional groups attached to an aromatic ring is 1. The highest BCUT2D eigenvalue weighted by atomic mass is 32.2. The van der Waals surface area contributed by atoms with Crippen LogP contribution >= 0.6 is 11.8 Å². The number of rotatable bonds is 9. The minimum Gasteiger partial charge on any atom is -0.497 e. The third-order valence-corrected chi connectivity index (χ3v) is 5.70. The molecule has 0 amide bonds. The molecule has 32 heavy (non-hydrogen) atoms. The quantitative estimate of drug-likeness (QED) is 0.297. The van der Waals surface area contributed by atoms with Crippen LogP contribution in [0.4, 0.5) is 0 Å². The van der Waals surface area contributed by atoms with Crippen molar-refractivity contribution in [2.24, 2.45) is 0 Å². The summed E-state index contributed by atoms with van der Waals surface area (Å²) in [5.41, 5.74) is 2.07. The molecule has 9 nitrogen and oxygen atoms in total. The largest absolute Gasteiger partial charge is 0.497 e. The summed E-state index contributed by atoms with van der Waals surface area (Å²) in [7, 11) is 1.61. The Morgan fingerprint density at radius 2 is 1.91 bits per heavy atom. The molecular weight excluding hydrogens is 428 g/mol. The first kappa shape index (κ1) is 21.7. The van der Waals surface area contributed by atoms with Gasteiger partial charge in [-0.15, -0.1) is 10.2 Å². The van der Waals surface area contributed by atoms with E-state index in [1.54, 1.807) is 7.11 Å². The van der Waals surface area contributed by atoms with Gasteiger partial charge in [0.25, 0.3) is 0 Å². The van der Waals surface area contributed by atoms with Crippen LogP contribution in [0.1, 0.15) is 37.0 Å². The first-order chi connectivity index (χ1) is 15.5. The van der Waals surface area contributed by atoms with E-state index in [1.165, 1.54) is 22.0 Å². The molecule has 0 fully saturated rings. The lowest BCUT2D eigenvalue weighted by Gasteiger charge is -2.08. The van der Waals surface area contributed by atoms with Crippen molar-refractivity contribution in [3.05, 3.63) is 65.8 Å². The fourth-order valence-corrected chi connectivity index (χ4v) is 3.63. The SMILES string of the molecule is COc1cccc(-c2noc(CSc3nnc(COc4ccc(C(C)C)cc4)n3N)n2)c1. The lowest BCUT2D eigenvalue weighted by Crippen LogP contribution is -2.15. The van der Waals surface area contributed by atoms with Gasteiger partial charge in [-0.25, -0.2) is 4.68 Å². The van der Waals surface area contributed by atoms with Gasteiger partial charge in [-0.2, -0.15) is 4.98 Å². The van der Waals surface area contributed by atoms with E-state index in [9.17, 15) is 0 Å². The Morgan fingerprint density at radius 3 is 2.66 bits per heavy atom. The van der Waals surface area contributed by atoms with Gasteiger partial charge in [0.1, 0.15) is 18.1 Å². The second kappa shape index (κ2) is 9.73. The molecule has 0 saturated carbocycles. The highest BCUT2D eigenvalue weighted by Crippen LogP contribution is 2.25. The summed E-state index contributed by atoms with van der Waals surface area (Å²) in [4.78, 5) is 4.43. The summed E-state index contributed by atoms with van der Waals surface area (Å²) in [6.45, 7) is 4.52. The van der Waals surface area contributed by atoms with Gasteiger partial charge in [-0.05, 0) is 35.7 Å². The van der Waals surface area contributed by atoms with Gasteiger partial charge in [-0.1, -0.05) is 55.0 Å². The molecule has 2 N–H and O–H groups in total. The van der Waals surface area contributed by atoms with E-state index in [0.29, 0.717) is 34.4 Å². The van der Waals surface area contributed by atoms with Crippen LogP contribution in [0.15, 0.2) is 58.2 Å². The molecule has 10 heteroatoms. The molecule has 0 aliphatic carbocycles. The van der Waals surface area contributed by atoms with Crippen molar-refractivity contribution in [3.8, 4) is 22.9 Å². The number of nitrogens with two attached hydrogens (primary N) is 1. The minimum atomic E-state index is 0.214. The molecule has 2 heterocycles. The number of hydrogen-bond acceptors (Lipinski definition) is 9. The minimum absolute atomic E-state index is 0.214. The summed E-state index contributed by atoms with van der Waals surface area (Å²) in [6.07, 6.45) is 0. The van der Waals surface area contributed by atoms with E-state index < -0.39 is 0 Å². The zero-order valence-electron chi connectivity index (χ0n) is 18.1. The molecule has 0 unspecified atom stereocenters. The smallest absolute Gasteiger partial charge is 0.237 e. The molecule has 4 rings (SSSR count). The summed E-state index contributed by atoms with van der Waals surface area (Å²) < 4.78 is 17.8. The number of aromatic nitrogens is 5. The Balaban J connectivity index is 1.34. The molecule has 4 aromatic rings. The molecule has 166 valence electrons. The van der Waals surface area contributed by atoms with E-state index in [-0.39, 0.29) is 6.61 Å². The molecule has 2 aromatic carbocycles. The Morgan fingerprint density at radius 1 is 1.09 bits per heavy atom. The van der Waals surface area contributed by atoms with Crippen LogP contribution in [-0.4, -0.2) is 32.1 Å². The third kappa shape index (κ3) is 5.02. The number of hydrogen-bond donors (Lipinski definition) is 1. The van der Waals surface area contributed by atoms with Gasteiger partial charge < -0.3 is 19.8 Å². The molecule has 0 saturated heterocycles. The summed E-state index contributed by atoms with van der Waals surface area (Å²) in [6, 6.07) is 15.5. The molecule has 2 aromatic heterocycles. The van der Waals surface area contributed by atoms with Gasteiger partial charge in [0, 0.05) is 5.56 Å². The second-order valence-corrected chi connectivity index (χ2v) is 8.26. The maximum absolute atomic E-state index is 6.13. The fourth-order valence-electron chi connectivity index (χ4n) is 2.92. The van der Waals surface area contributed by atoms with E-state index >= 15 is 0 Å². The summed E-state index contributed by atoms with van der Waals surface area (Å²) in [5, 5.41) is 12.8. The van der Waals surface area contributed by atoms with Crippen LogP contribution in [0.5, 0.6) is 11.5 Å². The lowest BCUT2D eigenvalue weighted by molar-refractivity contribution is 0.291. The predicted octanol–water partition coefficient (Wildman–Crippen LogP) is 4.05. The third-order valence-electron chi connectivity index (χ3n) is 4.77. The average molecular weight is 453 g/mol. The Hall–Kier alpha value is -3.53. The maximum atomic E-state index is 6.13. The maximum Gasteiger partial charge on any atom is 0.237 e. The average Bonchev–Trinajstić information content (AvgIpc) is 3.43. The first-order valence-corrected chi connectivity index (χ1v) is 11.0. The van der Waals surface area contributed by atoms with Crippen molar-refractivity contribution in [2.45, 2.75) is 37.3 Å². The Bertz CT molecular complexity index is 1170. The highest BCUT2D eigenvalue weighted by Gasteiger charge is 2.14. The first-order valence-electron chi connectivity index (χ1n) is 10.1. The normalized spacial score (nSPS) is 11.1. The van der Waals surface area contributed by atoms with Crippen LogP contribution in [0.3, 0.4) is 0 Å². The molecule has 0 bridgehead atoms. The van der Waals surface area contributed by atoms with Crippen molar-refractivity contribution < 1.29 is 14.0 Å². The predicted molar refractivity (Wildman–Crippen MR) is 121 cm³/mol. The van der Waals surface area contributed by atoms with Crippen LogP contribution < -0.4 is 15.3 Å². The molecule has 0 aliphatic rings. The van der Waals surface area contributed by atoms with E-state index in [4.69, 9.17) is 19.8 Å². The number of benzene rings is 2. The van der Waals surface area contributed by atoms with Crippen molar-refractivity contribution in [1.29, 1.82) is 0 Å². The Labute approximate surface area is 189 Å². The monoisotopic (exact) mass is 452 g/mol. The van der Waals surface area contributed by atoms with Crippen molar-refractivity contribution in [3.63, 3.8) is 0 Å². The zero-order valence-corrected chi connectivity index (χ0v) is 18.9. The van der Waals surface area contributed by atoms with Crippen LogP contribution in [0.2, 0.25) is 0 Å². The van der Waals surface area contributed by atoms with Gasteiger partial charge in [-0.3, -0.25) is 0 Å². The van der Waals surface area contributed by atoms with E-state index in [0.717, 1.165) is 17.1 Å². The Kier molecular flexibility index (Phi) is 6.60. The number of thioether (sulfide) groups is 1. The fraction of sp³-hybridized carbons (Fsp3) is 0.273. The van der Waals surface area contributed by atoms with Crippen LogP contribution in [0, 0.1) is 0 Å². The summed E-state index contributed by atoms with van der Waals surface area (Å²) in [5.74, 6) is 9.96. The molecule has 0 spiro atoms. The van der Waals surface area contributed by atoms with Gasteiger partial charge in [0.05, 0.1) is 12.9 Å². The van der Waals surface area contributed by atoms with Gasteiger partial charge >= 0.3 is 0 Å². The number of ether oxygens (including phenoxy) is 2. The summed E-state index contributed by atoms with van der Waals surface area (Å²) >= 11 is 1.35. The van der Waals surface area contributed by atoms with Gasteiger partial charge in [0.2, 0.25) is 16.9 Å². The van der Waals surface area contributed by atoms with E-state index in [2.05, 4.69) is 46.3 Å². The van der Waals surface area contributed by atoms with E-state index in [1.807, 2.05) is 36.4 Å². The van der Waals surface area contributed by atoms with Crippen molar-refractivity contribution in [1.82, 2.24) is 25.0 Å². The molecule has 0 aliphatic heterocycles. The topological polar surface area (TPSA) is 114 Å². The van der Waals surface area contributed by atoms with Gasteiger partial charge in [0.15, 0.2) is 5.82 Å². The van der Waals surface area contributed by atoms with Crippen LogP contribution in [-0.2, 0) is 12.4 Å². The zero-order chi connectivity index (χ0) is 22.5.